The molecular formula is C18H19N5O3S2. The van der Waals surface area contributed by atoms with Crippen molar-refractivity contribution in [2.24, 2.45) is 0 Å². The Balaban J connectivity index is 1.58. The Morgan fingerprint density at radius 3 is 2.93 bits per heavy atom. The van der Waals surface area contributed by atoms with Crippen LogP contribution in [0, 0.1) is 0 Å². The second-order valence-corrected chi connectivity index (χ2v) is 9.81. The van der Waals surface area contributed by atoms with Crippen LogP contribution >= 0.6 is 11.8 Å². The van der Waals surface area contributed by atoms with Gasteiger partial charge in [-0.15, -0.1) is 16.8 Å². The molecule has 8 nitrogen and oxygen atoms in total. The van der Waals surface area contributed by atoms with Crippen LogP contribution in [0.15, 0.2) is 53.1 Å². The second kappa shape index (κ2) is 7.51. The summed E-state index contributed by atoms with van der Waals surface area (Å²) in [7, 11) is -3.01. The molecule has 4 heterocycles. The van der Waals surface area contributed by atoms with Gasteiger partial charge >= 0.3 is 0 Å². The first kappa shape index (κ1) is 18.9. The van der Waals surface area contributed by atoms with E-state index in [4.69, 9.17) is 0 Å². The fraction of sp³-hybridized carbons (Fsp3) is 0.333. The predicted octanol–water partition coefficient (Wildman–Crippen LogP) is 1.67. The maximum Gasteiger partial charge on any atom is 0.258 e. The quantitative estimate of drug-likeness (QED) is 0.444. The SMILES string of the molecule is C=CCn1c(SCc2cc(=O)n3ccccc3n2)nnc1C1CCS(=O)(=O)C1. The van der Waals surface area contributed by atoms with Gasteiger partial charge in [0, 0.05) is 30.5 Å². The number of rotatable bonds is 6. The van der Waals surface area contributed by atoms with Crippen molar-refractivity contribution in [2.75, 3.05) is 11.5 Å². The molecule has 4 rings (SSSR count). The Hall–Kier alpha value is -2.46. The molecule has 1 atom stereocenters. The van der Waals surface area contributed by atoms with Crippen LogP contribution in [-0.4, -0.2) is 44.1 Å². The van der Waals surface area contributed by atoms with Crippen molar-refractivity contribution in [1.29, 1.82) is 0 Å². The predicted molar refractivity (Wildman–Crippen MR) is 107 cm³/mol. The van der Waals surface area contributed by atoms with Crippen molar-refractivity contribution >= 4 is 27.2 Å². The summed E-state index contributed by atoms with van der Waals surface area (Å²) in [5, 5.41) is 9.17. The minimum atomic E-state index is -3.01. The van der Waals surface area contributed by atoms with Crippen molar-refractivity contribution in [1.82, 2.24) is 24.1 Å². The van der Waals surface area contributed by atoms with Gasteiger partial charge in [-0.2, -0.15) is 0 Å². The summed E-state index contributed by atoms with van der Waals surface area (Å²) in [5.41, 5.74) is 1.11. The standard InChI is InChI=1S/C18H19N5O3S2/c1-2-7-23-17(13-6-9-28(25,26)12-13)20-21-18(23)27-11-14-10-16(24)22-8-4-3-5-15(22)19-14/h2-5,8,10,13H,1,6-7,9,11-12H2. The summed E-state index contributed by atoms with van der Waals surface area (Å²) in [4.78, 5) is 16.7. The molecule has 0 bridgehead atoms. The summed E-state index contributed by atoms with van der Waals surface area (Å²) in [5.74, 6) is 1.28. The van der Waals surface area contributed by atoms with E-state index in [-0.39, 0.29) is 23.0 Å². The minimum absolute atomic E-state index is 0.107. The van der Waals surface area contributed by atoms with E-state index in [2.05, 4.69) is 21.8 Å². The zero-order valence-corrected chi connectivity index (χ0v) is 16.7. The zero-order chi connectivity index (χ0) is 19.7. The van der Waals surface area contributed by atoms with Gasteiger partial charge in [-0.25, -0.2) is 13.4 Å². The van der Waals surface area contributed by atoms with Crippen molar-refractivity contribution in [3.8, 4) is 0 Å². The number of pyridine rings is 1. The number of sulfone groups is 1. The van der Waals surface area contributed by atoms with Crippen molar-refractivity contribution in [3.05, 3.63) is 65.0 Å². The summed E-state index contributed by atoms with van der Waals surface area (Å²) in [6.07, 6.45) is 3.98. The monoisotopic (exact) mass is 417 g/mol. The first-order valence-corrected chi connectivity index (χ1v) is 11.6. The third-order valence-corrected chi connectivity index (χ3v) is 7.40. The van der Waals surface area contributed by atoms with Gasteiger partial charge in [-0.3, -0.25) is 9.20 Å². The van der Waals surface area contributed by atoms with Gasteiger partial charge in [0.05, 0.1) is 17.2 Å². The molecule has 0 aliphatic carbocycles. The summed E-state index contributed by atoms with van der Waals surface area (Å²) in [6, 6.07) is 6.92. The molecule has 3 aromatic rings. The van der Waals surface area contributed by atoms with Gasteiger partial charge in [0.2, 0.25) is 0 Å². The lowest BCUT2D eigenvalue weighted by molar-refractivity contribution is 0.597. The fourth-order valence-electron chi connectivity index (χ4n) is 3.32. The number of thioether (sulfide) groups is 1. The van der Waals surface area contributed by atoms with Crippen LogP contribution in [0.1, 0.15) is 23.9 Å². The average Bonchev–Trinajstić information content (AvgIpc) is 3.23. The Kier molecular flexibility index (Phi) is 5.07. The number of allylic oxidation sites excluding steroid dienone is 1. The van der Waals surface area contributed by atoms with Gasteiger partial charge in [-0.1, -0.05) is 23.9 Å². The normalized spacial score (nSPS) is 18.5. The van der Waals surface area contributed by atoms with Crippen LogP contribution in [0.2, 0.25) is 0 Å². The Labute approximate surface area is 166 Å². The molecule has 1 saturated heterocycles. The number of nitrogens with zero attached hydrogens (tertiary/aromatic N) is 5. The molecule has 0 N–H and O–H groups in total. The molecule has 10 heteroatoms. The number of aromatic nitrogens is 5. The smallest absolute Gasteiger partial charge is 0.258 e. The maximum absolute atomic E-state index is 12.2. The molecule has 1 fully saturated rings. The Morgan fingerprint density at radius 2 is 2.18 bits per heavy atom. The molecule has 0 saturated carbocycles. The molecule has 146 valence electrons. The van der Waals surface area contributed by atoms with Gasteiger partial charge in [0.15, 0.2) is 15.0 Å². The van der Waals surface area contributed by atoms with Crippen molar-refractivity contribution < 1.29 is 8.42 Å². The van der Waals surface area contributed by atoms with Crippen LogP contribution in [0.3, 0.4) is 0 Å². The summed E-state index contributed by atoms with van der Waals surface area (Å²) >= 11 is 1.42. The Morgan fingerprint density at radius 1 is 1.32 bits per heavy atom. The van der Waals surface area contributed by atoms with Crippen molar-refractivity contribution in [2.45, 2.75) is 29.8 Å². The highest BCUT2D eigenvalue weighted by Crippen LogP contribution is 2.30. The first-order chi connectivity index (χ1) is 13.5. The average molecular weight is 418 g/mol. The highest BCUT2D eigenvalue weighted by atomic mass is 32.2. The first-order valence-electron chi connectivity index (χ1n) is 8.81. The highest BCUT2D eigenvalue weighted by molar-refractivity contribution is 7.98. The lowest BCUT2D eigenvalue weighted by atomic mass is 10.1. The van der Waals surface area contributed by atoms with Gasteiger partial charge in [-0.05, 0) is 18.6 Å². The summed E-state index contributed by atoms with van der Waals surface area (Å²) in [6.45, 7) is 4.27. The van der Waals surface area contributed by atoms with E-state index in [1.54, 1.807) is 24.4 Å². The topological polar surface area (TPSA) is 99.2 Å². The zero-order valence-electron chi connectivity index (χ0n) is 15.1. The second-order valence-electron chi connectivity index (χ2n) is 6.64. The van der Waals surface area contributed by atoms with E-state index in [0.717, 1.165) is 0 Å². The highest BCUT2D eigenvalue weighted by Gasteiger charge is 2.33. The van der Waals surface area contributed by atoms with E-state index in [1.807, 2.05) is 10.6 Å². The molecule has 3 aromatic heterocycles. The number of hydrogen-bond donors (Lipinski definition) is 0. The van der Waals surface area contributed by atoms with E-state index in [0.29, 0.717) is 41.0 Å². The molecule has 28 heavy (non-hydrogen) atoms. The van der Waals surface area contributed by atoms with Crippen LogP contribution in [0.4, 0.5) is 0 Å². The minimum Gasteiger partial charge on any atom is -0.302 e. The number of hydrogen-bond acceptors (Lipinski definition) is 7. The van der Waals surface area contributed by atoms with Gasteiger partial charge < -0.3 is 4.57 Å². The molecule has 0 aromatic carbocycles. The molecule has 0 spiro atoms. The van der Waals surface area contributed by atoms with E-state index in [1.165, 1.54) is 22.2 Å². The van der Waals surface area contributed by atoms with E-state index < -0.39 is 9.84 Å². The third kappa shape index (κ3) is 3.74. The van der Waals surface area contributed by atoms with Gasteiger partial charge in [0.25, 0.3) is 5.56 Å². The molecule has 1 aliphatic heterocycles. The van der Waals surface area contributed by atoms with Crippen LogP contribution in [-0.2, 0) is 22.1 Å². The fourth-order valence-corrected chi connectivity index (χ4v) is 5.91. The maximum atomic E-state index is 12.2. The Bertz CT molecular complexity index is 1200. The van der Waals surface area contributed by atoms with Crippen LogP contribution < -0.4 is 5.56 Å². The van der Waals surface area contributed by atoms with E-state index >= 15 is 0 Å². The van der Waals surface area contributed by atoms with Crippen LogP contribution in [0.25, 0.3) is 5.65 Å². The number of fused-ring (bicyclic) bond motifs is 1. The van der Waals surface area contributed by atoms with Crippen LogP contribution in [0.5, 0.6) is 0 Å². The molecule has 0 radical (unpaired) electrons. The lowest BCUT2D eigenvalue weighted by Crippen LogP contribution is -2.15. The molecule has 1 unspecified atom stereocenters. The van der Waals surface area contributed by atoms with Crippen molar-refractivity contribution in [3.63, 3.8) is 0 Å². The third-order valence-electron chi connectivity index (χ3n) is 4.63. The molecular weight excluding hydrogens is 398 g/mol. The lowest BCUT2D eigenvalue weighted by Gasteiger charge is -2.11. The molecule has 1 aliphatic rings. The largest absolute Gasteiger partial charge is 0.302 e. The van der Waals surface area contributed by atoms with E-state index in [9.17, 15) is 13.2 Å². The van der Waals surface area contributed by atoms with Gasteiger partial charge in [0.1, 0.15) is 11.5 Å². The summed E-state index contributed by atoms with van der Waals surface area (Å²) < 4.78 is 27.0. The molecule has 0 amide bonds.